The Morgan fingerprint density at radius 2 is 2.15 bits per heavy atom. The van der Waals surface area contributed by atoms with Gasteiger partial charge in [-0.05, 0) is 6.92 Å². The highest BCUT2D eigenvalue weighted by molar-refractivity contribution is 7.13. The lowest BCUT2D eigenvalue weighted by Gasteiger charge is -1.95. The van der Waals surface area contributed by atoms with Crippen LogP contribution in [-0.4, -0.2) is 18.1 Å². The molecule has 72 valence electrons. The fourth-order valence-corrected chi connectivity index (χ4v) is 1.93. The second-order valence-electron chi connectivity index (χ2n) is 3.11. The number of carbonyl (C=O) groups excluding carboxylic acids is 1. The molecule has 0 spiro atoms. The molecule has 0 unspecified atom stereocenters. The van der Waals surface area contributed by atoms with Crippen LogP contribution in [-0.2, 0) is 4.74 Å². The SMILES string of the molecule is COC(=O)c1sc(C(C)C)nc1C. The number of carbonyl (C=O) groups is 1. The summed E-state index contributed by atoms with van der Waals surface area (Å²) in [7, 11) is 1.39. The first-order valence-electron chi connectivity index (χ1n) is 4.12. The number of thiazole rings is 1. The number of nitrogens with zero attached hydrogens (tertiary/aromatic N) is 1. The van der Waals surface area contributed by atoms with E-state index in [1.807, 2.05) is 6.92 Å². The highest BCUT2D eigenvalue weighted by Crippen LogP contribution is 2.24. The van der Waals surface area contributed by atoms with Crippen LogP contribution in [0.2, 0.25) is 0 Å². The summed E-state index contributed by atoms with van der Waals surface area (Å²) >= 11 is 1.41. The minimum absolute atomic E-state index is 0.290. The van der Waals surface area contributed by atoms with E-state index < -0.39 is 0 Å². The van der Waals surface area contributed by atoms with Crippen molar-refractivity contribution in [1.82, 2.24) is 4.98 Å². The molecule has 0 saturated heterocycles. The Hall–Kier alpha value is -0.900. The molecular weight excluding hydrogens is 186 g/mol. The summed E-state index contributed by atoms with van der Waals surface area (Å²) in [4.78, 5) is 16.1. The molecule has 0 aliphatic rings. The second-order valence-corrected chi connectivity index (χ2v) is 4.14. The van der Waals surface area contributed by atoms with Gasteiger partial charge in [0.15, 0.2) is 0 Å². The maximum Gasteiger partial charge on any atom is 0.349 e. The van der Waals surface area contributed by atoms with Gasteiger partial charge in [-0.2, -0.15) is 0 Å². The number of methoxy groups -OCH3 is 1. The van der Waals surface area contributed by atoms with Crippen LogP contribution in [0.3, 0.4) is 0 Å². The van der Waals surface area contributed by atoms with Crippen molar-refractivity contribution in [3.63, 3.8) is 0 Å². The molecule has 1 aromatic heterocycles. The van der Waals surface area contributed by atoms with E-state index in [4.69, 9.17) is 0 Å². The molecule has 4 heteroatoms. The molecule has 1 rings (SSSR count). The van der Waals surface area contributed by atoms with Gasteiger partial charge in [0, 0.05) is 5.92 Å². The third kappa shape index (κ3) is 2.06. The van der Waals surface area contributed by atoms with Crippen LogP contribution in [0.25, 0.3) is 0 Å². The lowest BCUT2D eigenvalue weighted by Crippen LogP contribution is -1.99. The van der Waals surface area contributed by atoms with Crippen molar-refractivity contribution in [2.24, 2.45) is 0 Å². The topological polar surface area (TPSA) is 39.2 Å². The van der Waals surface area contributed by atoms with E-state index in [0.29, 0.717) is 10.8 Å². The first-order chi connectivity index (χ1) is 6.06. The molecule has 0 bridgehead atoms. The third-order valence-corrected chi connectivity index (χ3v) is 3.12. The first-order valence-corrected chi connectivity index (χ1v) is 4.93. The van der Waals surface area contributed by atoms with Crippen molar-refractivity contribution in [3.8, 4) is 0 Å². The van der Waals surface area contributed by atoms with Crippen molar-refractivity contribution in [2.75, 3.05) is 7.11 Å². The summed E-state index contributed by atoms with van der Waals surface area (Å²) < 4.78 is 4.64. The Morgan fingerprint density at radius 1 is 1.54 bits per heavy atom. The van der Waals surface area contributed by atoms with E-state index in [9.17, 15) is 4.79 Å². The number of rotatable bonds is 2. The predicted octanol–water partition coefficient (Wildman–Crippen LogP) is 2.36. The number of esters is 1. The van der Waals surface area contributed by atoms with Gasteiger partial charge in [-0.25, -0.2) is 9.78 Å². The van der Waals surface area contributed by atoms with E-state index in [1.54, 1.807) is 0 Å². The van der Waals surface area contributed by atoms with Crippen LogP contribution in [0, 0.1) is 6.92 Å². The monoisotopic (exact) mass is 199 g/mol. The minimum atomic E-state index is -0.290. The highest BCUT2D eigenvalue weighted by Gasteiger charge is 2.16. The van der Waals surface area contributed by atoms with E-state index in [2.05, 4.69) is 23.6 Å². The zero-order valence-electron chi connectivity index (χ0n) is 8.25. The molecule has 3 nitrogen and oxygen atoms in total. The van der Waals surface area contributed by atoms with Crippen LogP contribution in [0.1, 0.15) is 40.1 Å². The molecule has 1 heterocycles. The minimum Gasteiger partial charge on any atom is -0.465 e. The summed E-state index contributed by atoms with van der Waals surface area (Å²) in [5.41, 5.74) is 0.764. The normalized spacial score (nSPS) is 10.5. The fourth-order valence-electron chi connectivity index (χ4n) is 0.946. The molecular formula is C9H13NO2S. The quantitative estimate of drug-likeness (QED) is 0.686. The Balaban J connectivity index is 3.03. The van der Waals surface area contributed by atoms with Gasteiger partial charge in [-0.3, -0.25) is 0 Å². The van der Waals surface area contributed by atoms with Crippen molar-refractivity contribution < 1.29 is 9.53 Å². The number of hydrogen-bond acceptors (Lipinski definition) is 4. The summed E-state index contributed by atoms with van der Waals surface area (Å²) in [6.45, 7) is 5.94. The molecule has 0 aromatic carbocycles. The Labute approximate surface area is 81.8 Å². The number of aryl methyl sites for hydroxylation is 1. The molecule has 0 aliphatic carbocycles. The van der Waals surface area contributed by atoms with E-state index in [1.165, 1.54) is 18.4 Å². The van der Waals surface area contributed by atoms with Crippen LogP contribution in [0.15, 0.2) is 0 Å². The molecule has 0 saturated carbocycles. The maximum atomic E-state index is 11.2. The summed E-state index contributed by atoms with van der Waals surface area (Å²) in [6.07, 6.45) is 0. The van der Waals surface area contributed by atoms with Crippen LogP contribution >= 0.6 is 11.3 Å². The third-order valence-electron chi connectivity index (χ3n) is 1.68. The van der Waals surface area contributed by atoms with Crippen LogP contribution in [0.4, 0.5) is 0 Å². The molecule has 0 N–H and O–H groups in total. The zero-order valence-corrected chi connectivity index (χ0v) is 9.07. The Kier molecular flexibility index (Phi) is 3.03. The van der Waals surface area contributed by atoms with Gasteiger partial charge in [-0.1, -0.05) is 13.8 Å². The van der Waals surface area contributed by atoms with Crippen molar-refractivity contribution >= 4 is 17.3 Å². The summed E-state index contributed by atoms with van der Waals surface area (Å²) in [5, 5.41) is 0.984. The van der Waals surface area contributed by atoms with E-state index >= 15 is 0 Å². The van der Waals surface area contributed by atoms with Crippen LogP contribution in [0.5, 0.6) is 0 Å². The zero-order chi connectivity index (χ0) is 10.0. The van der Waals surface area contributed by atoms with Gasteiger partial charge in [0.1, 0.15) is 4.88 Å². The Morgan fingerprint density at radius 3 is 2.54 bits per heavy atom. The van der Waals surface area contributed by atoms with Gasteiger partial charge >= 0.3 is 5.97 Å². The largest absolute Gasteiger partial charge is 0.465 e. The standard InChI is InChI=1S/C9H13NO2S/c1-5(2)8-10-6(3)7(13-8)9(11)12-4/h5H,1-4H3. The number of aromatic nitrogens is 1. The molecule has 0 aliphatic heterocycles. The predicted molar refractivity (Wildman–Crippen MR) is 52.3 cm³/mol. The van der Waals surface area contributed by atoms with E-state index in [0.717, 1.165) is 10.7 Å². The van der Waals surface area contributed by atoms with Crippen LogP contribution < -0.4 is 0 Å². The molecule has 0 fully saturated rings. The number of hydrogen-bond donors (Lipinski definition) is 0. The maximum absolute atomic E-state index is 11.2. The second kappa shape index (κ2) is 3.87. The summed E-state index contributed by atoms with van der Waals surface area (Å²) in [5.74, 6) is 0.0732. The molecule has 1 aromatic rings. The molecule has 13 heavy (non-hydrogen) atoms. The van der Waals surface area contributed by atoms with Gasteiger partial charge in [0.05, 0.1) is 17.8 Å². The van der Waals surface area contributed by atoms with Gasteiger partial charge in [0.25, 0.3) is 0 Å². The van der Waals surface area contributed by atoms with Crippen molar-refractivity contribution in [2.45, 2.75) is 26.7 Å². The van der Waals surface area contributed by atoms with Gasteiger partial charge < -0.3 is 4.74 Å². The highest BCUT2D eigenvalue weighted by atomic mass is 32.1. The first kappa shape index (κ1) is 10.2. The van der Waals surface area contributed by atoms with Crippen molar-refractivity contribution in [1.29, 1.82) is 0 Å². The molecule has 0 atom stereocenters. The molecule has 0 amide bonds. The lowest BCUT2D eigenvalue weighted by atomic mass is 10.2. The lowest BCUT2D eigenvalue weighted by molar-refractivity contribution is 0.0605. The smallest absolute Gasteiger partial charge is 0.349 e. The average Bonchev–Trinajstić information content (AvgIpc) is 2.46. The Bertz CT molecular complexity index is 317. The molecule has 0 radical (unpaired) electrons. The van der Waals surface area contributed by atoms with E-state index in [-0.39, 0.29) is 5.97 Å². The average molecular weight is 199 g/mol. The fraction of sp³-hybridized carbons (Fsp3) is 0.556. The number of ether oxygens (including phenoxy) is 1. The van der Waals surface area contributed by atoms with Gasteiger partial charge in [-0.15, -0.1) is 11.3 Å². The van der Waals surface area contributed by atoms with Crippen molar-refractivity contribution in [3.05, 3.63) is 15.6 Å². The van der Waals surface area contributed by atoms with Gasteiger partial charge in [0.2, 0.25) is 0 Å². The summed E-state index contributed by atoms with van der Waals surface area (Å²) in [6, 6.07) is 0.